The molecule has 0 spiro atoms. The smallest absolute Gasteiger partial charge is 0.361 e. The number of nitrogens with zero attached hydrogens (tertiary/aromatic N) is 1. The van der Waals surface area contributed by atoms with Gasteiger partial charge in [-0.15, -0.1) is 0 Å². The van der Waals surface area contributed by atoms with Crippen LogP contribution in [0.25, 0.3) is 0 Å². The standard InChI is InChI=1S/C70H111NO8/c1-6-8-10-12-14-16-18-20-22-24-26-28-30-31-32-33-34-35-36-37-39-41-43-45-47-49-51-53-55-57-59-61-68(73)79-66(65-78-70(69(74)75)76-63-62-71(3,4)5)64-77-67(72)60-58-56-54-52-50-48-46-44-42-40-38-29-27-25-23-21-19-17-15-13-11-9-7-2/h8-11,14-17,20-23,26-29,31-32,34-35,37,39-40,42,46,48,66,70H,6-7,12-13,18-19,24-25,30,33,36,38,41,43-45,47,49-65H2,1-5H3/p+1/b10-8-,11-9-,16-14-,17-15-,22-20-,23-21-,28-26-,29-27-,32-31-,35-34-,39-37-,42-40-,48-46-. The quantitative estimate of drug-likeness (QED) is 0.0211. The summed E-state index contributed by atoms with van der Waals surface area (Å²) in [5.41, 5.74) is 0. The van der Waals surface area contributed by atoms with Gasteiger partial charge in [-0.2, -0.15) is 0 Å². The molecule has 0 radical (unpaired) electrons. The van der Waals surface area contributed by atoms with Gasteiger partial charge in [0.1, 0.15) is 13.2 Å². The van der Waals surface area contributed by atoms with Crippen molar-refractivity contribution < 1.29 is 42.9 Å². The lowest BCUT2D eigenvalue weighted by Gasteiger charge is -2.25. The number of hydrogen-bond donors (Lipinski definition) is 1. The molecule has 0 heterocycles. The molecule has 0 saturated heterocycles. The SMILES string of the molecule is CC/C=C\C/C=C\C/C=C\C/C=C\C/C=C\C/C=C\C/C=C\CCCCCCCCCCCC(=O)OC(COC(=O)CCCCCC/C=C\C/C=C\C/C=C\C/C=C\C/C=C\C/C=C\CC)COC(OCC[N+](C)(C)C)C(=O)O. The lowest BCUT2D eigenvalue weighted by Crippen LogP contribution is -2.40. The molecule has 0 rings (SSSR count). The average molecular weight is 1100 g/mol. The van der Waals surface area contributed by atoms with Crippen molar-refractivity contribution in [2.75, 3.05) is 47.5 Å². The second-order valence-corrected chi connectivity index (χ2v) is 20.9. The molecule has 0 aromatic heterocycles. The Labute approximate surface area is 483 Å². The molecule has 2 unspecified atom stereocenters. The van der Waals surface area contributed by atoms with Gasteiger partial charge in [0.25, 0.3) is 6.29 Å². The molecular weight excluding hydrogens is 983 g/mol. The number of carbonyl (C=O) groups is 3. The second kappa shape index (κ2) is 59.0. The Bertz CT molecular complexity index is 1850. The summed E-state index contributed by atoms with van der Waals surface area (Å²) >= 11 is 0. The number of esters is 2. The molecular formula is C70H112NO8+. The molecule has 444 valence electrons. The van der Waals surface area contributed by atoms with Crippen LogP contribution in [0.1, 0.15) is 206 Å². The summed E-state index contributed by atoms with van der Waals surface area (Å²) in [6, 6.07) is 0. The predicted octanol–water partition coefficient (Wildman–Crippen LogP) is 18.6. The van der Waals surface area contributed by atoms with E-state index >= 15 is 0 Å². The second-order valence-electron chi connectivity index (χ2n) is 20.9. The average Bonchev–Trinajstić information content (AvgIpc) is 3.42. The van der Waals surface area contributed by atoms with Gasteiger partial charge in [0.15, 0.2) is 6.10 Å². The van der Waals surface area contributed by atoms with E-state index < -0.39 is 24.3 Å². The van der Waals surface area contributed by atoms with Crippen LogP contribution >= 0.6 is 0 Å². The summed E-state index contributed by atoms with van der Waals surface area (Å²) in [6.45, 7) is 4.59. The minimum absolute atomic E-state index is 0.172. The van der Waals surface area contributed by atoms with E-state index in [0.29, 0.717) is 23.9 Å². The third-order valence-electron chi connectivity index (χ3n) is 12.3. The Balaban J connectivity index is 4.32. The Morgan fingerprint density at radius 3 is 1.01 bits per heavy atom. The van der Waals surface area contributed by atoms with Crippen LogP contribution in [0.5, 0.6) is 0 Å². The molecule has 0 aromatic carbocycles. The van der Waals surface area contributed by atoms with Gasteiger partial charge in [0.2, 0.25) is 0 Å². The lowest BCUT2D eigenvalue weighted by atomic mass is 10.1. The number of carboxylic acid groups (broad SMARTS) is 1. The van der Waals surface area contributed by atoms with E-state index in [-0.39, 0.29) is 38.6 Å². The van der Waals surface area contributed by atoms with Crippen LogP contribution in [0.2, 0.25) is 0 Å². The van der Waals surface area contributed by atoms with Crippen LogP contribution in [0.15, 0.2) is 158 Å². The van der Waals surface area contributed by atoms with Crippen molar-refractivity contribution in [3.05, 3.63) is 158 Å². The third-order valence-corrected chi connectivity index (χ3v) is 12.3. The first-order valence-electron chi connectivity index (χ1n) is 30.6. The first-order valence-corrected chi connectivity index (χ1v) is 30.6. The summed E-state index contributed by atoms with van der Waals surface area (Å²) in [7, 11) is 5.95. The lowest BCUT2D eigenvalue weighted by molar-refractivity contribution is -0.870. The van der Waals surface area contributed by atoms with Gasteiger partial charge in [-0.05, 0) is 122 Å². The number of ether oxygens (including phenoxy) is 4. The maximum Gasteiger partial charge on any atom is 0.361 e. The first-order chi connectivity index (χ1) is 38.6. The summed E-state index contributed by atoms with van der Waals surface area (Å²) in [5.74, 6) is -2.07. The van der Waals surface area contributed by atoms with Gasteiger partial charge in [-0.1, -0.05) is 230 Å². The van der Waals surface area contributed by atoms with Crippen molar-refractivity contribution >= 4 is 17.9 Å². The van der Waals surface area contributed by atoms with Gasteiger partial charge >= 0.3 is 17.9 Å². The van der Waals surface area contributed by atoms with Crippen LogP contribution in [-0.2, 0) is 33.3 Å². The van der Waals surface area contributed by atoms with Crippen LogP contribution in [0.4, 0.5) is 0 Å². The number of carbonyl (C=O) groups excluding carboxylic acids is 2. The minimum Gasteiger partial charge on any atom is -0.477 e. The predicted molar refractivity (Wildman–Crippen MR) is 336 cm³/mol. The van der Waals surface area contributed by atoms with Crippen molar-refractivity contribution in [2.24, 2.45) is 0 Å². The van der Waals surface area contributed by atoms with E-state index in [1.165, 1.54) is 32.1 Å². The molecule has 0 saturated carbocycles. The summed E-state index contributed by atoms with van der Waals surface area (Å²) in [5, 5.41) is 9.72. The van der Waals surface area contributed by atoms with E-state index in [4.69, 9.17) is 18.9 Å². The van der Waals surface area contributed by atoms with Crippen LogP contribution < -0.4 is 0 Å². The third kappa shape index (κ3) is 60.4. The number of carboxylic acids is 1. The Morgan fingerprint density at radius 2 is 0.684 bits per heavy atom. The summed E-state index contributed by atoms with van der Waals surface area (Å²) < 4.78 is 22.9. The molecule has 0 aliphatic heterocycles. The highest BCUT2D eigenvalue weighted by molar-refractivity contribution is 5.71. The fraction of sp³-hybridized carbons (Fsp3) is 0.586. The van der Waals surface area contributed by atoms with Crippen LogP contribution in [0.3, 0.4) is 0 Å². The topological polar surface area (TPSA) is 108 Å². The number of likely N-dealkylation sites (N-methyl/N-ethyl adjacent to an activating group) is 1. The normalized spacial score (nSPS) is 13.9. The number of quaternary nitrogens is 1. The molecule has 0 amide bonds. The first kappa shape index (κ1) is 73.9. The zero-order valence-corrected chi connectivity index (χ0v) is 50.5. The van der Waals surface area contributed by atoms with E-state index in [1.807, 2.05) is 21.1 Å². The Hall–Kier alpha value is -5.09. The number of rotatable bonds is 54. The van der Waals surface area contributed by atoms with Crippen LogP contribution in [0, 0.1) is 0 Å². The molecule has 79 heavy (non-hydrogen) atoms. The minimum atomic E-state index is -1.53. The number of hydrogen-bond acceptors (Lipinski definition) is 7. The number of unbranched alkanes of at least 4 members (excludes halogenated alkanes) is 13. The highest BCUT2D eigenvalue weighted by Gasteiger charge is 2.25. The fourth-order valence-electron chi connectivity index (χ4n) is 7.64. The van der Waals surface area contributed by atoms with Gasteiger partial charge in [0.05, 0.1) is 34.4 Å². The Kier molecular flexibility index (Phi) is 55.2. The van der Waals surface area contributed by atoms with Crippen molar-refractivity contribution in [1.29, 1.82) is 0 Å². The maximum absolute atomic E-state index is 12.9. The molecule has 9 heteroatoms. The van der Waals surface area contributed by atoms with Crippen molar-refractivity contribution in [3.8, 4) is 0 Å². The molecule has 2 atom stereocenters. The Morgan fingerprint density at radius 1 is 0.380 bits per heavy atom. The largest absolute Gasteiger partial charge is 0.477 e. The van der Waals surface area contributed by atoms with Gasteiger partial charge < -0.3 is 28.5 Å². The maximum atomic E-state index is 12.9. The molecule has 0 aliphatic carbocycles. The van der Waals surface area contributed by atoms with Crippen LogP contribution in [-0.4, -0.2) is 87.4 Å². The summed E-state index contributed by atoms with van der Waals surface area (Å²) in [4.78, 5) is 37.5. The van der Waals surface area contributed by atoms with Crippen molar-refractivity contribution in [3.63, 3.8) is 0 Å². The van der Waals surface area contributed by atoms with Crippen molar-refractivity contribution in [1.82, 2.24) is 0 Å². The van der Waals surface area contributed by atoms with E-state index in [9.17, 15) is 19.5 Å². The fourth-order valence-corrected chi connectivity index (χ4v) is 7.64. The molecule has 0 aliphatic rings. The summed E-state index contributed by atoms with van der Waals surface area (Å²) in [6.07, 6.45) is 84.6. The van der Waals surface area contributed by atoms with E-state index in [2.05, 4.69) is 172 Å². The zero-order chi connectivity index (χ0) is 57.6. The van der Waals surface area contributed by atoms with E-state index in [1.54, 1.807) is 0 Å². The molecule has 0 fully saturated rings. The zero-order valence-electron chi connectivity index (χ0n) is 50.5. The van der Waals surface area contributed by atoms with Gasteiger partial charge in [0, 0.05) is 12.8 Å². The monoisotopic (exact) mass is 1090 g/mol. The number of allylic oxidation sites excluding steroid dienone is 26. The molecule has 9 nitrogen and oxygen atoms in total. The highest BCUT2D eigenvalue weighted by Crippen LogP contribution is 2.14. The molecule has 0 bridgehead atoms. The highest BCUT2D eigenvalue weighted by atomic mass is 16.7. The van der Waals surface area contributed by atoms with Gasteiger partial charge in [-0.25, -0.2) is 4.79 Å². The molecule has 1 N–H and O–H groups in total. The van der Waals surface area contributed by atoms with Gasteiger partial charge in [-0.3, -0.25) is 9.59 Å². The number of aliphatic carboxylic acids is 1. The van der Waals surface area contributed by atoms with Crippen molar-refractivity contribution in [2.45, 2.75) is 219 Å². The van der Waals surface area contributed by atoms with E-state index in [0.717, 1.165) is 135 Å². The molecule has 0 aromatic rings.